The smallest absolute Gasteiger partial charge is 0.200 e. The standard InChI is InChI=1S/C21H14BrN3/c22-21-24-19(16-11-5-2-6-12-16)23-20(25-21)18-14-8-7-13-17(18)15-9-3-1-4-10-15/h1-14H. The van der Waals surface area contributed by atoms with Gasteiger partial charge in [0.1, 0.15) is 0 Å². The van der Waals surface area contributed by atoms with Gasteiger partial charge in [0.05, 0.1) is 0 Å². The van der Waals surface area contributed by atoms with Gasteiger partial charge in [0.15, 0.2) is 11.6 Å². The molecule has 3 aromatic carbocycles. The molecule has 0 unspecified atom stereocenters. The van der Waals surface area contributed by atoms with Crippen molar-refractivity contribution < 1.29 is 0 Å². The van der Waals surface area contributed by atoms with E-state index in [1.54, 1.807) is 0 Å². The lowest BCUT2D eigenvalue weighted by molar-refractivity contribution is 1.03. The van der Waals surface area contributed by atoms with Crippen LogP contribution in [0, 0.1) is 0 Å². The summed E-state index contributed by atoms with van der Waals surface area (Å²) >= 11 is 3.43. The van der Waals surface area contributed by atoms with Gasteiger partial charge >= 0.3 is 0 Å². The Balaban J connectivity index is 1.88. The maximum absolute atomic E-state index is 4.71. The Bertz CT molecular complexity index is 1000. The molecule has 1 heterocycles. The van der Waals surface area contributed by atoms with Crippen molar-refractivity contribution in [3.63, 3.8) is 0 Å². The van der Waals surface area contributed by atoms with E-state index < -0.39 is 0 Å². The van der Waals surface area contributed by atoms with Gasteiger partial charge in [-0.2, -0.15) is 0 Å². The van der Waals surface area contributed by atoms with Gasteiger partial charge in [-0.05, 0) is 27.1 Å². The number of aromatic nitrogens is 3. The fourth-order valence-electron chi connectivity index (χ4n) is 2.73. The van der Waals surface area contributed by atoms with E-state index in [-0.39, 0.29) is 0 Å². The lowest BCUT2D eigenvalue weighted by Crippen LogP contribution is -1.98. The van der Waals surface area contributed by atoms with Crippen LogP contribution in [0.15, 0.2) is 89.7 Å². The number of hydrogen-bond acceptors (Lipinski definition) is 3. The average molecular weight is 388 g/mol. The number of benzene rings is 3. The summed E-state index contributed by atoms with van der Waals surface area (Å²) in [6.45, 7) is 0. The molecule has 0 saturated heterocycles. The van der Waals surface area contributed by atoms with Gasteiger partial charge < -0.3 is 0 Å². The van der Waals surface area contributed by atoms with Gasteiger partial charge in [-0.15, -0.1) is 0 Å². The second-order valence-corrected chi connectivity index (χ2v) is 6.24. The molecule has 0 fully saturated rings. The molecule has 1 aromatic heterocycles. The number of nitrogens with zero attached hydrogens (tertiary/aromatic N) is 3. The van der Waals surface area contributed by atoms with Crippen LogP contribution in [0.25, 0.3) is 33.9 Å². The Morgan fingerprint density at radius 3 is 1.68 bits per heavy atom. The van der Waals surface area contributed by atoms with Crippen LogP contribution in [0.5, 0.6) is 0 Å². The molecule has 0 aliphatic heterocycles. The van der Waals surface area contributed by atoms with Crippen molar-refractivity contribution in [1.29, 1.82) is 0 Å². The molecule has 25 heavy (non-hydrogen) atoms. The maximum atomic E-state index is 4.71. The molecule has 120 valence electrons. The van der Waals surface area contributed by atoms with Gasteiger partial charge in [-0.1, -0.05) is 84.9 Å². The number of hydrogen-bond donors (Lipinski definition) is 0. The van der Waals surface area contributed by atoms with Gasteiger partial charge in [0, 0.05) is 11.1 Å². The molecular formula is C21H14BrN3. The first-order chi connectivity index (χ1) is 12.3. The van der Waals surface area contributed by atoms with E-state index in [2.05, 4.69) is 44.1 Å². The normalized spacial score (nSPS) is 10.6. The highest BCUT2D eigenvalue weighted by Gasteiger charge is 2.13. The third-order valence-electron chi connectivity index (χ3n) is 3.89. The predicted molar refractivity (Wildman–Crippen MR) is 104 cm³/mol. The van der Waals surface area contributed by atoms with Crippen molar-refractivity contribution in [2.24, 2.45) is 0 Å². The van der Waals surface area contributed by atoms with Crippen LogP contribution in [-0.4, -0.2) is 15.0 Å². The molecule has 0 amide bonds. The highest BCUT2D eigenvalue weighted by Crippen LogP contribution is 2.31. The molecule has 3 nitrogen and oxygen atoms in total. The second-order valence-electron chi connectivity index (χ2n) is 5.53. The Labute approximate surface area is 154 Å². The molecule has 4 heteroatoms. The van der Waals surface area contributed by atoms with Crippen LogP contribution in [0.4, 0.5) is 0 Å². The summed E-state index contributed by atoms with van der Waals surface area (Å²) < 4.78 is 0.527. The summed E-state index contributed by atoms with van der Waals surface area (Å²) in [5.74, 6) is 1.31. The summed E-state index contributed by atoms with van der Waals surface area (Å²) in [6.07, 6.45) is 0. The largest absolute Gasteiger partial charge is 0.208 e. The van der Waals surface area contributed by atoms with Crippen molar-refractivity contribution >= 4 is 15.9 Å². The van der Waals surface area contributed by atoms with Crippen LogP contribution in [0.2, 0.25) is 0 Å². The van der Waals surface area contributed by atoms with Crippen molar-refractivity contribution in [3.05, 3.63) is 89.7 Å². The molecule has 4 rings (SSSR count). The van der Waals surface area contributed by atoms with Crippen LogP contribution in [0.3, 0.4) is 0 Å². The zero-order chi connectivity index (χ0) is 17.1. The molecule has 0 aliphatic rings. The summed E-state index contributed by atoms with van der Waals surface area (Å²) in [6, 6.07) is 28.3. The fraction of sp³-hybridized carbons (Fsp3) is 0. The maximum Gasteiger partial charge on any atom is 0.200 e. The van der Waals surface area contributed by atoms with Crippen molar-refractivity contribution in [1.82, 2.24) is 15.0 Å². The first kappa shape index (κ1) is 15.7. The van der Waals surface area contributed by atoms with Crippen molar-refractivity contribution in [2.45, 2.75) is 0 Å². The minimum Gasteiger partial charge on any atom is -0.208 e. The van der Waals surface area contributed by atoms with E-state index in [9.17, 15) is 0 Å². The highest BCUT2D eigenvalue weighted by molar-refractivity contribution is 9.10. The van der Waals surface area contributed by atoms with E-state index in [1.807, 2.05) is 66.7 Å². The first-order valence-electron chi connectivity index (χ1n) is 7.93. The van der Waals surface area contributed by atoms with Crippen LogP contribution in [-0.2, 0) is 0 Å². The Morgan fingerprint density at radius 2 is 1.00 bits per heavy atom. The summed E-state index contributed by atoms with van der Waals surface area (Å²) in [5, 5.41) is 0. The minimum absolute atomic E-state index is 0.527. The quantitative estimate of drug-likeness (QED) is 0.456. The van der Waals surface area contributed by atoms with Crippen LogP contribution in [0.1, 0.15) is 0 Å². The fourth-order valence-corrected chi connectivity index (χ4v) is 3.07. The molecule has 0 aliphatic carbocycles. The van der Waals surface area contributed by atoms with Gasteiger partial charge in [-0.3, -0.25) is 0 Å². The lowest BCUT2D eigenvalue weighted by atomic mass is 9.99. The molecule has 4 aromatic rings. The SMILES string of the molecule is Brc1nc(-c2ccccc2)nc(-c2ccccc2-c2ccccc2)n1. The number of rotatable bonds is 3. The molecule has 0 spiro atoms. The van der Waals surface area contributed by atoms with E-state index in [1.165, 1.54) is 0 Å². The zero-order valence-electron chi connectivity index (χ0n) is 13.3. The van der Waals surface area contributed by atoms with Crippen LogP contribution < -0.4 is 0 Å². The molecule has 0 bridgehead atoms. The molecule has 0 radical (unpaired) electrons. The third kappa shape index (κ3) is 3.35. The topological polar surface area (TPSA) is 38.7 Å². The lowest BCUT2D eigenvalue weighted by Gasteiger charge is -2.10. The summed E-state index contributed by atoms with van der Waals surface area (Å²) in [5.41, 5.74) is 4.18. The minimum atomic E-state index is 0.527. The Kier molecular flexibility index (Phi) is 4.36. The van der Waals surface area contributed by atoms with Gasteiger partial charge in [0.2, 0.25) is 4.73 Å². The molecular weight excluding hydrogens is 374 g/mol. The number of halogens is 1. The molecule has 0 atom stereocenters. The summed E-state index contributed by atoms with van der Waals surface area (Å²) in [7, 11) is 0. The average Bonchev–Trinajstić information content (AvgIpc) is 2.69. The third-order valence-corrected chi connectivity index (χ3v) is 4.25. The van der Waals surface area contributed by atoms with E-state index >= 15 is 0 Å². The summed E-state index contributed by atoms with van der Waals surface area (Å²) in [4.78, 5) is 13.6. The van der Waals surface area contributed by atoms with Crippen molar-refractivity contribution in [2.75, 3.05) is 0 Å². The van der Waals surface area contributed by atoms with Crippen LogP contribution >= 0.6 is 15.9 Å². The van der Waals surface area contributed by atoms with Gasteiger partial charge in [0.25, 0.3) is 0 Å². The zero-order valence-corrected chi connectivity index (χ0v) is 14.9. The Morgan fingerprint density at radius 1 is 0.480 bits per heavy atom. The van der Waals surface area contributed by atoms with Crippen molar-refractivity contribution in [3.8, 4) is 33.9 Å². The monoisotopic (exact) mass is 387 g/mol. The highest BCUT2D eigenvalue weighted by atomic mass is 79.9. The second kappa shape index (κ2) is 6.95. The first-order valence-corrected chi connectivity index (χ1v) is 8.72. The molecule has 0 saturated carbocycles. The van der Waals surface area contributed by atoms with E-state index in [0.717, 1.165) is 22.3 Å². The van der Waals surface area contributed by atoms with E-state index in [0.29, 0.717) is 16.4 Å². The Hall–Kier alpha value is -2.85. The van der Waals surface area contributed by atoms with E-state index in [4.69, 9.17) is 4.98 Å². The predicted octanol–water partition coefficient (Wildman–Crippen LogP) is 5.64. The molecule has 0 N–H and O–H groups in total. The van der Waals surface area contributed by atoms with Gasteiger partial charge in [-0.25, -0.2) is 15.0 Å².